The Bertz CT molecular complexity index is 454. The number of carbonyl (C=O) groups excluding carboxylic acids is 3. The van der Waals surface area contributed by atoms with Gasteiger partial charge in [0.25, 0.3) is 0 Å². The van der Waals surface area contributed by atoms with E-state index in [1.807, 2.05) is 13.8 Å². The number of amides is 1. The zero-order valence-electron chi connectivity index (χ0n) is 11.5. The summed E-state index contributed by atoms with van der Waals surface area (Å²) in [6, 6.07) is 0. The molecule has 2 bridgehead atoms. The first-order valence-corrected chi connectivity index (χ1v) is 6.10. The molecule has 2 aliphatic rings. The van der Waals surface area contributed by atoms with Gasteiger partial charge in [-0.25, -0.2) is 0 Å². The molecule has 0 radical (unpaired) electrons. The van der Waals surface area contributed by atoms with Crippen molar-refractivity contribution in [2.24, 2.45) is 16.2 Å². The Morgan fingerprint density at radius 2 is 1.67 bits per heavy atom. The third-order valence-electron chi connectivity index (χ3n) is 5.20. The molecular weight excluding hydrogens is 234 g/mol. The van der Waals surface area contributed by atoms with E-state index >= 15 is 0 Å². The normalized spacial score (nSPS) is 37.4. The van der Waals surface area contributed by atoms with E-state index in [1.165, 1.54) is 4.90 Å². The minimum absolute atomic E-state index is 0.270. The van der Waals surface area contributed by atoms with Gasteiger partial charge in [0.2, 0.25) is 5.91 Å². The summed E-state index contributed by atoms with van der Waals surface area (Å²) in [7, 11) is 3.24. The van der Waals surface area contributed by atoms with Gasteiger partial charge in [-0.05, 0) is 19.8 Å². The molecule has 0 aromatic rings. The Labute approximate surface area is 106 Å². The summed E-state index contributed by atoms with van der Waals surface area (Å²) >= 11 is 0. The van der Waals surface area contributed by atoms with Gasteiger partial charge in [-0.2, -0.15) is 0 Å². The second-order valence-electron chi connectivity index (χ2n) is 6.24. The van der Waals surface area contributed by atoms with Crippen molar-refractivity contribution in [3.05, 3.63) is 0 Å². The zero-order chi connectivity index (χ0) is 13.9. The molecule has 2 fully saturated rings. The van der Waals surface area contributed by atoms with Crippen molar-refractivity contribution in [3.63, 3.8) is 0 Å². The minimum Gasteiger partial charge on any atom is -0.392 e. The van der Waals surface area contributed by atoms with Crippen molar-refractivity contribution >= 4 is 17.8 Å². The molecule has 5 nitrogen and oxygen atoms in total. The molecule has 1 aliphatic carbocycles. The summed E-state index contributed by atoms with van der Waals surface area (Å²) in [5.41, 5.74) is -2.72. The second-order valence-corrected chi connectivity index (χ2v) is 6.24. The summed E-state index contributed by atoms with van der Waals surface area (Å²) in [4.78, 5) is 38.0. The van der Waals surface area contributed by atoms with Crippen LogP contribution in [0.5, 0.6) is 0 Å². The van der Waals surface area contributed by atoms with Crippen LogP contribution in [-0.2, 0) is 19.1 Å². The smallest absolute Gasteiger partial charge is 0.329 e. The van der Waals surface area contributed by atoms with E-state index in [1.54, 1.807) is 21.0 Å². The number of nitrogens with zero attached hydrogens (tertiary/aromatic N) is 1. The van der Waals surface area contributed by atoms with Crippen LogP contribution in [0, 0.1) is 16.2 Å². The number of rotatable bonds is 1. The van der Waals surface area contributed by atoms with Gasteiger partial charge in [0, 0.05) is 19.5 Å². The van der Waals surface area contributed by atoms with E-state index in [-0.39, 0.29) is 5.91 Å². The number of hydrogen-bond acceptors (Lipinski definition) is 4. The average Bonchev–Trinajstić information content (AvgIpc) is 2.40. The van der Waals surface area contributed by atoms with Crippen molar-refractivity contribution in [1.29, 1.82) is 0 Å². The van der Waals surface area contributed by atoms with Gasteiger partial charge in [-0.3, -0.25) is 14.4 Å². The first-order chi connectivity index (χ1) is 8.11. The standard InChI is InChI=1S/C13H19NO4/c1-11(2)12(3)6-7-13(11,8(15)14(4)5)10(17)18-9(12)16/h6-7H2,1-5H3/t12-,13+/m1/s1. The van der Waals surface area contributed by atoms with E-state index in [0.29, 0.717) is 12.8 Å². The Hall–Kier alpha value is -1.39. The molecular formula is C13H19NO4. The molecule has 18 heavy (non-hydrogen) atoms. The summed E-state index contributed by atoms with van der Waals surface area (Å²) in [5, 5.41) is 0. The van der Waals surface area contributed by atoms with Crippen molar-refractivity contribution in [1.82, 2.24) is 4.90 Å². The van der Waals surface area contributed by atoms with Crippen LogP contribution < -0.4 is 0 Å². The number of fused-ring (bicyclic) bond motifs is 2. The van der Waals surface area contributed by atoms with Crippen LogP contribution in [0.15, 0.2) is 0 Å². The summed E-state index contributed by atoms with van der Waals surface area (Å²) < 4.78 is 4.86. The monoisotopic (exact) mass is 253 g/mol. The van der Waals surface area contributed by atoms with Gasteiger partial charge in [0.1, 0.15) is 0 Å². The quantitative estimate of drug-likeness (QED) is 0.516. The average molecular weight is 253 g/mol. The fraction of sp³-hybridized carbons (Fsp3) is 0.769. The van der Waals surface area contributed by atoms with E-state index in [0.717, 1.165) is 0 Å². The molecule has 0 aromatic heterocycles. The van der Waals surface area contributed by atoms with Crippen LogP contribution in [0.4, 0.5) is 0 Å². The van der Waals surface area contributed by atoms with Crippen LogP contribution >= 0.6 is 0 Å². The van der Waals surface area contributed by atoms with Crippen molar-refractivity contribution < 1.29 is 19.1 Å². The molecule has 0 spiro atoms. The highest BCUT2D eigenvalue weighted by Crippen LogP contribution is 2.66. The van der Waals surface area contributed by atoms with Crippen molar-refractivity contribution in [2.75, 3.05) is 14.1 Å². The maximum Gasteiger partial charge on any atom is 0.329 e. The lowest BCUT2D eigenvalue weighted by molar-refractivity contribution is -0.198. The predicted molar refractivity (Wildman–Crippen MR) is 63.3 cm³/mol. The van der Waals surface area contributed by atoms with Gasteiger partial charge < -0.3 is 9.64 Å². The maximum atomic E-state index is 12.5. The molecule has 1 aliphatic heterocycles. The number of hydrogen-bond donors (Lipinski definition) is 0. The molecule has 0 N–H and O–H groups in total. The van der Waals surface area contributed by atoms with Gasteiger partial charge in [-0.1, -0.05) is 13.8 Å². The highest BCUT2D eigenvalue weighted by atomic mass is 16.6. The third kappa shape index (κ3) is 1.10. The first-order valence-electron chi connectivity index (χ1n) is 6.10. The first kappa shape index (κ1) is 13.1. The van der Waals surface area contributed by atoms with Crippen molar-refractivity contribution in [3.8, 4) is 0 Å². The second kappa shape index (κ2) is 3.33. The third-order valence-corrected chi connectivity index (χ3v) is 5.20. The van der Waals surface area contributed by atoms with E-state index in [2.05, 4.69) is 0 Å². The summed E-state index contributed by atoms with van der Waals surface area (Å²) in [6.07, 6.45) is 0.877. The van der Waals surface area contributed by atoms with Crippen LogP contribution in [0.1, 0.15) is 33.6 Å². The van der Waals surface area contributed by atoms with E-state index in [4.69, 9.17) is 4.74 Å². The lowest BCUT2D eigenvalue weighted by Crippen LogP contribution is -2.61. The molecule has 2 atom stereocenters. The Morgan fingerprint density at radius 3 is 2.17 bits per heavy atom. The van der Waals surface area contributed by atoms with E-state index in [9.17, 15) is 14.4 Å². The van der Waals surface area contributed by atoms with Gasteiger partial charge in [-0.15, -0.1) is 0 Å². The Kier molecular flexibility index (Phi) is 2.42. The molecule has 1 saturated carbocycles. The van der Waals surface area contributed by atoms with Gasteiger partial charge in [0.05, 0.1) is 5.41 Å². The lowest BCUT2D eigenvalue weighted by atomic mass is 9.57. The van der Waals surface area contributed by atoms with Gasteiger partial charge in [0.15, 0.2) is 5.41 Å². The molecule has 5 heteroatoms. The van der Waals surface area contributed by atoms with Crippen LogP contribution in [0.3, 0.4) is 0 Å². The summed E-state index contributed by atoms with van der Waals surface area (Å²) in [5.74, 6) is -1.46. The van der Waals surface area contributed by atoms with Gasteiger partial charge >= 0.3 is 11.9 Å². The van der Waals surface area contributed by atoms with Crippen LogP contribution in [0.2, 0.25) is 0 Å². The fourth-order valence-corrected chi connectivity index (χ4v) is 3.38. The predicted octanol–water partition coefficient (Wildman–Crippen LogP) is 0.971. The largest absolute Gasteiger partial charge is 0.392 e. The van der Waals surface area contributed by atoms with Crippen molar-refractivity contribution in [2.45, 2.75) is 33.6 Å². The number of carbonyl (C=O) groups is 3. The topological polar surface area (TPSA) is 63.7 Å². The highest BCUT2D eigenvalue weighted by molar-refractivity contribution is 6.10. The molecule has 0 aromatic carbocycles. The molecule has 1 saturated heterocycles. The Morgan fingerprint density at radius 1 is 1.11 bits per heavy atom. The van der Waals surface area contributed by atoms with E-state index < -0.39 is 28.2 Å². The number of esters is 2. The molecule has 100 valence electrons. The van der Waals surface area contributed by atoms with Crippen LogP contribution in [-0.4, -0.2) is 36.8 Å². The minimum atomic E-state index is -1.22. The van der Waals surface area contributed by atoms with Crippen LogP contribution in [0.25, 0.3) is 0 Å². The SMILES string of the molecule is CN(C)C(=O)[C@@]12CC[C@](C)(C(=O)OC1=O)C2(C)C. The highest BCUT2D eigenvalue weighted by Gasteiger charge is 2.75. The molecule has 0 unspecified atom stereocenters. The number of cyclic esters (lactones) is 2. The molecule has 1 heterocycles. The fourth-order valence-electron chi connectivity index (χ4n) is 3.38. The maximum absolute atomic E-state index is 12.5. The summed E-state index contributed by atoms with van der Waals surface area (Å²) in [6.45, 7) is 5.42. The molecule has 2 rings (SSSR count). The zero-order valence-corrected chi connectivity index (χ0v) is 11.5. The lowest BCUT2D eigenvalue weighted by Gasteiger charge is -2.48. The Balaban J connectivity index is 2.64. The number of ether oxygens (including phenoxy) is 1. The molecule has 1 amide bonds.